The van der Waals surface area contributed by atoms with E-state index >= 15 is 0 Å². The van der Waals surface area contributed by atoms with Gasteiger partial charge in [-0.3, -0.25) is 0 Å². The molecule has 2 rings (SSSR count). The van der Waals surface area contributed by atoms with Crippen LogP contribution in [0.25, 0.3) is 0 Å². The van der Waals surface area contributed by atoms with Crippen molar-refractivity contribution in [3.8, 4) is 0 Å². The molecule has 0 fully saturated rings. The van der Waals surface area contributed by atoms with Crippen LogP contribution >= 0.6 is 0 Å². The van der Waals surface area contributed by atoms with Crippen LogP contribution in [0.2, 0.25) is 0 Å². The van der Waals surface area contributed by atoms with E-state index in [2.05, 4.69) is 61.3 Å². The van der Waals surface area contributed by atoms with Crippen molar-refractivity contribution in [2.75, 3.05) is 0 Å². The third kappa shape index (κ3) is 5.11. The molecule has 1 aromatic carbocycles. The molecule has 0 amide bonds. The summed E-state index contributed by atoms with van der Waals surface area (Å²) in [7, 11) is 0. The van der Waals surface area contributed by atoms with E-state index in [0.717, 1.165) is 18.8 Å². The van der Waals surface area contributed by atoms with Gasteiger partial charge in [0.15, 0.2) is 0 Å². The Labute approximate surface area is 129 Å². The molecule has 0 bridgehead atoms. The minimum Gasteiger partial charge on any atom is -0.185 e. The van der Waals surface area contributed by atoms with E-state index in [1.54, 1.807) is 0 Å². The Bertz CT molecular complexity index is 474. The van der Waals surface area contributed by atoms with E-state index in [1.165, 1.54) is 30.4 Å². The minimum absolute atomic E-state index is 0.311. The molecule has 2 heteroatoms. The SMILES string of the molecule is CC(C)CCCC1=CN=NC(C(C)c2ccccc2)CC1. The van der Waals surface area contributed by atoms with Crippen LogP contribution in [0.1, 0.15) is 64.4 Å². The van der Waals surface area contributed by atoms with Crippen molar-refractivity contribution in [3.05, 3.63) is 47.7 Å². The lowest BCUT2D eigenvalue weighted by molar-refractivity contribution is 0.510. The molecule has 1 aliphatic heterocycles. The monoisotopic (exact) mass is 284 g/mol. The van der Waals surface area contributed by atoms with Gasteiger partial charge in [-0.15, -0.1) is 0 Å². The normalized spacial score (nSPS) is 20.2. The maximum atomic E-state index is 4.54. The van der Waals surface area contributed by atoms with Crippen molar-refractivity contribution in [1.82, 2.24) is 0 Å². The highest BCUT2D eigenvalue weighted by molar-refractivity contribution is 5.21. The first-order valence-corrected chi connectivity index (χ1v) is 8.29. The molecule has 2 nitrogen and oxygen atoms in total. The number of rotatable bonds is 6. The van der Waals surface area contributed by atoms with Crippen molar-refractivity contribution in [2.45, 2.75) is 64.8 Å². The van der Waals surface area contributed by atoms with Gasteiger partial charge in [-0.1, -0.05) is 57.5 Å². The van der Waals surface area contributed by atoms with Gasteiger partial charge in [0.05, 0.1) is 6.04 Å². The number of azo groups is 1. The first-order valence-electron chi connectivity index (χ1n) is 8.29. The van der Waals surface area contributed by atoms with Crippen LogP contribution in [0.15, 0.2) is 52.3 Å². The molecule has 0 radical (unpaired) electrons. The highest BCUT2D eigenvalue weighted by Gasteiger charge is 2.20. The molecule has 0 aromatic heterocycles. The molecule has 2 atom stereocenters. The Balaban J connectivity index is 1.86. The fourth-order valence-electron chi connectivity index (χ4n) is 2.91. The van der Waals surface area contributed by atoms with Crippen LogP contribution in [0.3, 0.4) is 0 Å². The Morgan fingerprint density at radius 2 is 1.90 bits per heavy atom. The van der Waals surface area contributed by atoms with E-state index < -0.39 is 0 Å². The summed E-state index contributed by atoms with van der Waals surface area (Å²) in [6.07, 6.45) is 8.04. The average Bonchev–Trinajstić information content (AvgIpc) is 2.73. The molecular formula is C19H28N2. The van der Waals surface area contributed by atoms with Crippen LogP contribution in [0.4, 0.5) is 0 Å². The number of hydrogen-bond donors (Lipinski definition) is 0. The number of hydrogen-bond acceptors (Lipinski definition) is 2. The predicted molar refractivity (Wildman–Crippen MR) is 89.5 cm³/mol. The number of nitrogens with zero attached hydrogens (tertiary/aromatic N) is 2. The summed E-state index contributed by atoms with van der Waals surface area (Å²) in [6, 6.07) is 11.0. The zero-order chi connectivity index (χ0) is 15.1. The molecule has 0 saturated carbocycles. The van der Waals surface area contributed by atoms with Gasteiger partial charge in [0.1, 0.15) is 0 Å². The Hall–Kier alpha value is -1.44. The third-order valence-corrected chi connectivity index (χ3v) is 4.40. The second-order valence-electron chi connectivity index (χ2n) is 6.61. The summed E-state index contributed by atoms with van der Waals surface area (Å²) < 4.78 is 0. The Morgan fingerprint density at radius 3 is 2.62 bits per heavy atom. The summed E-state index contributed by atoms with van der Waals surface area (Å²) in [5, 5.41) is 8.88. The van der Waals surface area contributed by atoms with E-state index in [1.807, 2.05) is 6.20 Å². The van der Waals surface area contributed by atoms with Crippen molar-refractivity contribution in [3.63, 3.8) is 0 Å². The summed E-state index contributed by atoms with van der Waals surface area (Å²) in [5.41, 5.74) is 2.84. The van der Waals surface area contributed by atoms with Gasteiger partial charge in [-0.2, -0.15) is 10.2 Å². The van der Waals surface area contributed by atoms with Gasteiger partial charge in [0.25, 0.3) is 0 Å². The van der Waals surface area contributed by atoms with E-state index in [0.29, 0.717) is 12.0 Å². The molecule has 0 spiro atoms. The van der Waals surface area contributed by atoms with Gasteiger partial charge < -0.3 is 0 Å². The fourth-order valence-corrected chi connectivity index (χ4v) is 2.91. The minimum atomic E-state index is 0.311. The van der Waals surface area contributed by atoms with E-state index in [-0.39, 0.29) is 0 Å². The maximum Gasteiger partial charge on any atom is 0.0781 e. The number of benzene rings is 1. The highest BCUT2D eigenvalue weighted by atomic mass is 15.1. The van der Waals surface area contributed by atoms with Crippen molar-refractivity contribution in [2.24, 2.45) is 16.1 Å². The van der Waals surface area contributed by atoms with Gasteiger partial charge in [-0.25, -0.2) is 0 Å². The van der Waals surface area contributed by atoms with Gasteiger partial charge >= 0.3 is 0 Å². The maximum absolute atomic E-state index is 4.54. The molecule has 1 aromatic rings. The lowest BCUT2D eigenvalue weighted by Crippen LogP contribution is -2.13. The second kappa shape index (κ2) is 8.11. The molecule has 1 aliphatic rings. The first kappa shape index (κ1) is 15.9. The summed E-state index contributed by atoms with van der Waals surface area (Å²) in [5.74, 6) is 1.24. The lowest BCUT2D eigenvalue weighted by Gasteiger charge is -2.19. The van der Waals surface area contributed by atoms with E-state index in [9.17, 15) is 0 Å². The zero-order valence-electron chi connectivity index (χ0n) is 13.6. The van der Waals surface area contributed by atoms with Crippen LogP contribution < -0.4 is 0 Å². The van der Waals surface area contributed by atoms with Crippen molar-refractivity contribution < 1.29 is 0 Å². The Morgan fingerprint density at radius 1 is 1.14 bits per heavy atom. The zero-order valence-corrected chi connectivity index (χ0v) is 13.6. The first-order chi connectivity index (χ1) is 10.2. The summed E-state index contributed by atoms with van der Waals surface area (Å²) in [4.78, 5) is 0. The molecule has 114 valence electrons. The Kier molecular flexibility index (Phi) is 6.16. The van der Waals surface area contributed by atoms with Crippen LogP contribution in [-0.2, 0) is 0 Å². The molecule has 0 aliphatic carbocycles. The summed E-state index contributed by atoms with van der Waals surface area (Å²) in [6.45, 7) is 6.85. The average molecular weight is 284 g/mol. The molecule has 21 heavy (non-hydrogen) atoms. The van der Waals surface area contributed by atoms with Crippen LogP contribution in [0, 0.1) is 5.92 Å². The van der Waals surface area contributed by atoms with E-state index in [4.69, 9.17) is 0 Å². The molecule has 1 heterocycles. The molecule has 0 N–H and O–H groups in total. The van der Waals surface area contributed by atoms with Crippen molar-refractivity contribution >= 4 is 0 Å². The molecule has 2 unspecified atom stereocenters. The van der Waals surface area contributed by atoms with Crippen molar-refractivity contribution in [1.29, 1.82) is 0 Å². The van der Waals surface area contributed by atoms with Gasteiger partial charge in [0, 0.05) is 12.1 Å². The van der Waals surface area contributed by atoms with Gasteiger partial charge in [-0.05, 0) is 42.7 Å². The fraction of sp³-hybridized carbons (Fsp3) is 0.579. The molecular weight excluding hydrogens is 256 g/mol. The van der Waals surface area contributed by atoms with Crippen LogP contribution in [0.5, 0.6) is 0 Å². The second-order valence-corrected chi connectivity index (χ2v) is 6.61. The highest BCUT2D eigenvalue weighted by Crippen LogP contribution is 2.29. The topological polar surface area (TPSA) is 24.7 Å². The summed E-state index contributed by atoms with van der Waals surface area (Å²) >= 11 is 0. The lowest BCUT2D eigenvalue weighted by atomic mass is 9.89. The largest absolute Gasteiger partial charge is 0.185 e. The third-order valence-electron chi connectivity index (χ3n) is 4.40. The standard InChI is InChI=1S/C19H28N2/c1-15(2)8-7-9-17-12-13-19(21-20-14-17)16(3)18-10-5-4-6-11-18/h4-6,10-11,14-16,19H,7-9,12-13H2,1-3H3. The smallest absolute Gasteiger partial charge is 0.0781 e. The predicted octanol–water partition coefficient (Wildman–Crippen LogP) is 6.11. The quantitative estimate of drug-likeness (QED) is 0.601. The van der Waals surface area contributed by atoms with Crippen LogP contribution in [-0.4, -0.2) is 6.04 Å². The van der Waals surface area contributed by atoms with Gasteiger partial charge in [0.2, 0.25) is 0 Å². The number of allylic oxidation sites excluding steroid dienone is 1. The molecule has 0 saturated heterocycles.